The zero-order chi connectivity index (χ0) is 43.3. The van der Waals surface area contributed by atoms with E-state index in [1.807, 2.05) is 72.4 Å². The summed E-state index contributed by atoms with van der Waals surface area (Å²) in [6, 6.07) is 0. The SMILES string of the molecule is CC#CC.CC=CC.CC=NC.CCC.CCCC.CCNOC.CCOC.CCSC.CN.CN=O.COC(C)=O.CSC(C)=O.[CH-]=CC.[CH3-].[Y]. The van der Waals surface area contributed by atoms with Crippen molar-refractivity contribution < 1.29 is 56.6 Å². The second-order valence-corrected chi connectivity index (χ2v) is 9.29. The van der Waals surface area contributed by atoms with Gasteiger partial charge in [0, 0.05) is 73.9 Å². The smallest absolute Gasteiger partial charge is 0.302 e. The molecule has 0 aromatic rings. The molecule has 0 saturated carbocycles. The summed E-state index contributed by atoms with van der Waals surface area (Å²) in [6.45, 7) is 35.3. The number of ether oxygens (including phenoxy) is 2. The van der Waals surface area contributed by atoms with Gasteiger partial charge in [0.2, 0.25) is 0 Å². The average Bonchev–Trinajstić information content (AvgIpc) is 3.14. The van der Waals surface area contributed by atoms with Crippen molar-refractivity contribution in [3.8, 4) is 11.8 Å². The topological polar surface area (TPSA) is 142 Å². The molecule has 0 atom stereocenters. The zero-order valence-electron chi connectivity index (χ0n) is 38.9. The first-order chi connectivity index (χ1) is 23.7. The summed E-state index contributed by atoms with van der Waals surface area (Å²) < 4.78 is 8.65. The number of carbonyl (C=O) groups is 2. The molecule has 0 aromatic carbocycles. The van der Waals surface area contributed by atoms with Gasteiger partial charge in [0.1, 0.15) is 0 Å². The van der Waals surface area contributed by atoms with Gasteiger partial charge in [0.05, 0.1) is 21.3 Å². The first-order valence-electron chi connectivity index (χ1n) is 16.6. The van der Waals surface area contributed by atoms with Gasteiger partial charge in [0.25, 0.3) is 0 Å². The summed E-state index contributed by atoms with van der Waals surface area (Å²) >= 11 is 3.10. The molecule has 0 spiro atoms. The Morgan fingerprint density at radius 2 is 1.06 bits per heavy atom. The number of esters is 1. The second-order valence-electron chi connectivity index (χ2n) is 7.15. The van der Waals surface area contributed by atoms with Crippen LogP contribution in [-0.4, -0.2) is 91.2 Å². The molecule has 3 N–H and O–H groups in total. The van der Waals surface area contributed by atoms with E-state index >= 15 is 0 Å². The maximum atomic E-state index is 9.78. The van der Waals surface area contributed by atoms with E-state index in [-0.39, 0.29) is 51.2 Å². The van der Waals surface area contributed by atoms with Crippen molar-refractivity contribution >= 4 is 40.8 Å². The molecular formula is C39H92N4O6S2Y-2. The Labute approximate surface area is 362 Å². The van der Waals surface area contributed by atoms with Crippen LogP contribution in [0.25, 0.3) is 0 Å². The third-order valence-electron chi connectivity index (χ3n) is 2.78. The van der Waals surface area contributed by atoms with E-state index < -0.39 is 0 Å². The molecule has 0 aliphatic rings. The number of aliphatic imine (C=N–C) groups is 1. The van der Waals surface area contributed by atoms with E-state index in [0.717, 1.165) is 13.2 Å². The fourth-order valence-corrected chi connectivity index (χ4v) is 0.144. The van der Waals surface area contributed by atoms with Crippen molar-refractivity contribution in [1.82, 2.24) is 5.48 Å². The number of hydrogen-bond acceptors (Lipinski definition) is 12. The van der Waals surface area contributed by atoms with E-state index in [2.05, 4.69) is 88.4 Å². The van der Waals surface area contributed by atoms with Crippen molar-refractivity contribution in [3.05, 3.63) is 37.1 Å². The number of carbonyl (C=O) groups excluding carboxylic acids is 2. The largest absolute Gasteiger partial charge is 0.518 e. The molecule has 0 aliphatic carbocycles. The van der Waals surface area contributed by atoms with Crippen LogP contribution in [0.5, 0.6) is 0 Å². The first kappa shape index (κ1) is 98.4. The molecule has 0 fully saturated rings. The Morgan fingerprint density at radius 3 is 1.06 bits per heavy atom. The Balaban J connectivity index is -0.0000000220. The van der Waals surface area contributed by atoms with Crippen molar-refractivity contribution in [2.45, 2.75) is 123 Å². The van der Waals surface area contributed by atoms with Crippen LogP contribution < -0.4 is 11.2 Å². The number of thioether (sulfide) groups is 2. The fraction of sp³-hybridized carbons (Fsp3) is 0.744. The zero-order valence-corrected chi connectivity index (χ0v) is 43.4. The number of hydroxylamine groups is 1. The molecule has 0 unspecified atom stereocenters. The normalized spacial score (nSPS) is 6.62. The summed E-state index contributed by atoms with van der Waals surface area (Å²) in [6.07, 6.45) is 15.0. The predicted molar refractivity (Wildman–Crippen MR) is 243 cm³/mol. The number of rotatable bonds is 5. The number of nitrogens with zero attached hydrogens (tertiary/aromatic N) is 2. The summed E-state index contributed by atoms with van der Waals surface area (Å²) in [4.78, 5) is 36.0. The van der Waals surface area contributed by atoms with E-state index in [9.17, 15) is 9.59 Å². The maximum Gasteiger partial charge on any atom is 0.302 e. The number of unbranched alkanes of at least 4 members (excludes halogenated alkanes) is 1. The van der Waals surface area contributed by atoms with Gasteiger partial charge >= 0.3 is 5.97 Å². The number of hydrogen-bond donors (Lipinski definition) is 2. The third kappa shape index (κ3) is 923. The first-order valence-corrected chi connectivity index (χ1v) is 19.2. The Kier molecular flexibility index (Phi) is 363. The van der Waals surface area contributed by atoms with Crippen molar-refractivity contribution in [2.24, 2.45) is 15.9 Å². The minimum atomic E-state index is -0.245. The quantitative estimate of drug-likeness (QED) is 0.0522. The molecule has 321 valence electrons. The second kappa shape index (κ2) is 192. The van der Waals surface area contributed by atoms with Crippen LogP contribution in [0.4, 0.5) is 0 Å². The standard InChI is InChI=1S/C4H10.C4H8.C4H6.C3H9NO.C3H7N.C3H6O2.C3H6OS.C3H8O.C3H8S.C3H8.C3H5.CH3NO.CH5N.CH3.Y/c3*1-3-4-2;1-3-4-5-2;1-3-4-2;2*1-3(4)5-2;2*1-3-4-2;2*1-3-2;1-2-3;1-2;;/h3-4H2,1-2H3;3-4H,1-2H3;1-2H3;4H,3H2,1-2H3;3H,1-2H3;2*1-2H3;2*3H2,1-2H3;3H2,1-2H3;1,3H,2H3;1H3;2H2,1H3;1H3;/q;;;;;;;;;;-1;;;-1;. The van der Waals surface area contributed by atoms with Crippen LogP contribution >= 0.6 is 23.5 Å². The molecule has 0 aromatic heterocycles. The van der Waals surface area contributed by atoms with Gasteiger partial charge in [0.15, 0.2) is 5.12 Å². The molecule has 0 aliphatic heterocycles. The molecule has 0 bridgehead atoms. The number of nitroso groups, excluding NO2 is 1. The molecular weight excluding hydrogens is 773 g/mol. The Bertz CT molecular complexity index is 519. The molecule has 0 saturated heterocycles. The molecule has 0 rings (SSSR count). The predicted octanol–water partition coefficient (Wildman–Crippen LogP) is 11.2. The van der Waals surface area contributed by atoms with E-state index in [1.165, 1.54) is 71.0 Å². The van der Waals surface area contributed by atoms with Gasteiger partial charge in [-0.05, 0) is 73.1 Å². The molecule has 0 amide bonds. The number of methoxy groups -OCH3 is 2. The van der Waals surface area contributed by atoms with Crippen LogP contribution in [0.1, 0.15) is 123 Å². The van der Waals surface area contributed by atoms with Crippen molar-refractivity contribution in [1.29, 1.82) is 0 Å². The molecule has 13 heteroatoms. The van der Waals surface area contributed by atoms with Crippen molar-refractivity contribution in [3.63, 3.8) is 0 Å². The minimum Gasteiger partial charge on any atom is -0.518 e. The average molecular weight is 866 g/mol. The monoisotopic (exact) mass is 866 g/mol. The third-order valence-corrected chi connectivity index (χ3v) is 3.93. The van der Waals surface area contributed by atoms with Gasteiger partial charge in [-0.25, -0.2) is 5.48 Å². The van der Waals surface area contributed by atoms with Crippen LogP contribution in [0, 0.1) is 30.8 Å². The molecule has 10 nitrogen and oxygen atoms in total. The van der Waals surface area contributed by atoms with Crippen LogP contribution in [-0.2, 0) is 56.6 Å². The molecule has 52 heavy (non-hydrogen) atoms. The summed E-state index contributed by atoms with van der Waals surface area (Å²) in [5.41, 5.74) is 7.11. The van der Waals surface area contributed by atoms with Gasteiger partial charge in [-0.2, -0.15) is 16.7 Å². The summed E-state index contributed by atoms with van der Waals surface area (Å²) in [5.74, 6) is 6.35. The number of nitrogens with one attached hydrogen (secondary N) is 1. The maximum absolute atomic E-state index is 9.78. The Hall–Kier alpha value is -0.906. The van der Waals surface area contributed by atoms with Crippen LogP contribution in [0.3, 0.4) is 0 Å². The van der Waals surface area contributed by atoms with E-state index in [4.69, 9.17) is 11.5 Å². The fourth-order valence-electron chi connectivity index (χ4n) is 0.144. The van der Waals surface area contributed by atoms with Gasteiger partial charge in [-0.3, -0.25) is 15.7 Å². The van der Waals surface area contributed by atoms with Crippen molar-refractivity contribution in [2.75, 3.05) is 73.9 Å². The van der Waals surface area contributed by atoms with Crippen LogP contribution in [0.2, 0.25) is 0 Å². The molecule has 0 heterocycles. The minimum absolute atomic E-state index is 0. The van der Waals surface area contributed by atoms with Gasteiger partial charge in [-0.1, -0.05) is 96.8 Å². The van der Waals surface area contributed by atoms with E-state index in [0.29, 0.717) is 0 Å². The number of nitrogens with two attached hydrogens (primary N) is 1. The van der Waals surface area contributed by atoms with Crippen LogP contribution in [0.15, 0.2) is 28.4 Å². The summed E-state index contributed by atoms with van der Waals surface area (Å²) in [7, 11) is 9.08. The Morgan fingerprint density at radius 1 is 0.846 bits per heavy atom. The van der Waals surface area contributed by atoms with E-state index in [1.54, 1.807) is 47.6 Å². The van der Waals surface area contributed by atoms with Gasteiger partial charge < -0.3 is 39.0 Å². The summed E-state index contributed by atoms with van der Waals surface area (Å²) in [5, 5.41) is 2.42. The molecule has 1 radical (unpaired) electrons. The number of allylic oxidation sites excluding steroid dienone is 3. The van der Waals surface area contributed by atoms with Gasteiger partial charge in [-0.15, -0.1) is 11.8 Å².